The van der Waals surface area contributed by atoms with E-state index in [1.807, 2.05) is 36.4 Å². The summed E-state index contributed by atoms with van der Waals surface area (Å²) in [5, 5.41) is 8.93. The first-order valence-corrected chi connectivity index (χ1v) is 7.53. The van der Waals surface area contributed by atoms with E-state index in [-0.39, 0.29) is 11.3 Å². The molecule has 6 heteroatoms. The number of pyridine rings is 1. The highest BCUT2D eigenvalue weighted by atomic mass is 16.6. The molecule has 0 unspecified atom stereocenters. The summed E-state index contributed by atoms with van der Waals surface area (Å²) in [7, 11) is 0. The third-order valence-corrected chi connectivity index (χ3v) is 3.78. The van der Waals surface area contributed by atoms with Crippen LogP contribution in [0.1, 0.15) is 22.3 Å². The minimum atomic E-state index is -1.12. The highest BCUT2D eigenvalue weighted by Gasteiger charge is 2.20. The Kier molecular flexibility index (Phi) is 4.56. The Morgan fingerprint density at radius 1 is 1.17 bits per heavy atom. The number of carbonyl (C=O) groups is 2. The maximum absolute atomic E-state index is 12.2. The maximum Gasteiger partial charge on any atom is 0.415 e. The number of carbonyl (C=O) groups excluding carboxylic acids is 1. The Labute approximate surface area is 139 Å². The topological polar surface area (TPSA) is 79.7 Å². The van der Waals surface area contributed by atoms with Crippen molar-refractivity contribution in [1.29, 1.82) is 0 Å². The van der Waals surface area contributed by atoms with Crippen molar-refractivity contribution in [3.63, 3.8) is 0 Å². The molecule has 1 aromatic heterocycles. The zero-order valence-corrected chi connectivity index (χ0v) is 12.9. The van der Waals surface area contributed by atoms with Crippen molar-refractivity contribution >= 4 is 17.6 Å². The number of nitrogens with zero attached hydrogens (tertiary/aromatic N) is 2. The average molecular weight is 324 g/mol. The van der Waals surface area contributed by atoms with Crippen molar-refractivity contribution in [2.75, 3.05) is 13.1 Å². The minimum absolute atomic E-state index is 0.0230. The summed E-state index contributed by atoms with van der Waals surface area (Å²) >= 11 is 0. The van der Waals surface area contributed by atoms with Gasteiger partial charge in [0.2, 0.25) is 0 Å². The molecule has 0 saturated heterocycles. The average Bonchev–Trinajstić information content (AvgIpc) is 2.63. The second-order valence-electron chi connectivity index (χ2n) is 5.37. The van der Waals surface area contributed by atoms with Gasteiger partial charge in [0.25, 0.3) is 0 Å². The zero-order chi connectivity index (χ0) is 16.9. The van der Waals surface area contributed by atoms with Gasteiger partial charge < -0.3 is 14.7 Å². The Morgan fingerprint density at radius 3 is 2.62 bits per heavy atom. The van der Waals surface area contributed by atoms with E-state index in [2.05, 4.69) is 4.98 Å². The lowest BCUT2D eigenvalue weighted by molar-refractivity contribution is 0.0695. The van der Waals surface area contributed by atoms with Crippen LogP contribution in [0.15, 0.2) is 54.9 Å². The van der Waals surface area contributed by atoms with E-state index < -0.39 is 12.1 Å². The molecule has 0 aliphatic carbocycles. The van der Waals surface area contributed by atoms with Crippen LogP contribution in [0.5, 0.6) is 5.75 Å². The number of amides is 1. The first-order chi connectivity index (χ1) is 11.6. The normalized spacial score (nSPS) is 14.0. The summed E-state index contributed by atoms with van der Waals surface area (Å²) in [6.07, 6.45) is 4.76. The SMILES string of the molecule is O=C(O)c1cncc(OC(=O)N2CC=C(c3ccccc3)CC2)c1. The summed E-state index contributed by atoms with van der Waals surface area (Å²) < 4.78 is 5.22. The van der Waals surface area contributed by atoms with Crippen LogP contribution in [-0.4, -0.2) is 40.1 Å². The van der Waals surface area contributed by atoms with E-state index in [4.69, 9.17) is 9.84 Å². The molecule has 0 saturated carbocycles. The van der Waals surface area contributed by atoms with Crippen molar-refractivity contribution in [3.05, 3.63) is 66.0 Å². The molecule has 1 N–H and O–H groups in total. The Bertz CT molecular complexity index is 787. The quantitative estimate of drug-likeness (QED) is 0.938. The van der Waals surface area contributed by atoms with Crippen LogP contribution in [0.2, 0.25) is 0 Å². The highest BCUT2D eigenvalue weighted by molar-refractivity contribution is 5.87. The molecule has 0 spiro atoms. The summed E-state index contributed by atoms with van der Waals surface area (Å²) in [4.78, 5) is 28.4. The van der Waals surface area contributed by atoms with Crippen LogP contribution in [0, 0.1) is 0 Å². The van der Waals surface area contributed by atoms with Crippen molar-refractivity contribution < 1.29 is 19.4 Å². The number of ether oxygens (including phenoxy) is 1. The molecule has 0 bridgehead atoms. The minimum Gasteiger partial charge on any atom is -0.478 e. The van der Waals surface area contributed by atoms with Gasteiger partial charge in [-0.25, -0.2) is 9.59 Å². The van der Waals surface area contributed by atoms with E-state index in [1.165, 1.54) is 24.0 Å². The van der Waals surface area contributed by atoms with Gasteiger partial charge in [-0.15, -0.1) is 0 Å². The molecule has 1 aliphatic heterocycles. The number of hydrogen-bond acceptors (Lipinski definition) is 4. The number of aromatic carboxylic acids is 1. The van der Waals surface area contributed by atoms with Crippen molar-refractivity contribution in [1.82, 2.24) is 9.88 Å². The van der Waals surface area contributed by atoms with Gasteiger partial charge >= 0.3 is 12.1 Å². The number of aromatic nitrogens is 1. The molecule has 122 valence electrons. The van der Waals surface area contributed by atoms with E-state index in [0.29, 0.717) is 13.1 Å². The number of carboxylic acids is 1. The largest absolute Gasteiger partial charge is 0.478 e. The van der Waals surface area contributed by atoms with Crippen LogP contribution in [-0.2, 0) is 0 Å². The fraction of sp³-hybridized carbons (Fsp3) is 0.167. The summed E-state index contributed by atoms with van der Waals surface area (Å²) in [5.41, 5.74) is 2.34. The molecule has 2 heterocycles. The maximum atomic E-state index is 12.2. The molecule has 0 radical (unpaired) electrons. The van der Waals surface area contributed by atoms with Gasteiger partial charge in [-0.1, -0.05) is 36.4 Å². The van der Waals surface area contributed by atoms with Crippen LogP contribution >= 0.6 is 0 Å². The van der Waals surface area contributed by atoms with Crippen molar-refractivity contribution in [2.24, 2.45) is 0 Å². The van der Waals surface area contributed by atoms with E-state index in [1.54, 1.807) is 4.90 Å². The Morgan fingerprint density at radius 2 is 1.96 bits per heavy atom. The molecule has 1 amide bonds. The zero-order valence-electron chi connectivity index (χ0n) is 12.9. The van der Waals surface area contributed by atoms with Crippen molar-refractivity contribution in [2.45, 2.75) is 6.42 Å². The molecule has 0 atom stereocenters. The van der Waals surface area contributed by atoms with Gasteiger partial charge in [-0.05, 0) is 23.6 Å². The summed E-state index contributed by atoms with van der Waals surface area (Å²) in [6.45, 7) is 1.00. The second kappa shape index (κ2) is 6.95. The fourth-order valence-electron chi connectivity index (χ4n) is 2.51. The van der Waals surface area contributed by atoms with E-state index >= 15 is 0 Å². The van der Waals surface area contributed by atoms with Gasteiger partial charge in [0, 0.05) is 19.3 Å². The number of hydrogen-bond donors (Lipinski definition) is 1. The van der Waals surface area contributed by atoms with Gasteiger partial charge in [0.15, 0.2) is 5.75 Å². The van der Waals surface area contributed by atoms with Gasteiger partial charge in [0.1, 0.15) is 0 Å². The smallest absolute Gasteiger partial charge is 0.415 e. The molecule has 0 fully saturated rings. The molecule has 1 aromatic carbocycles. The highest BCUT2D eigenvalue weighted by Crippen LogP contribution is 2.22. The predicted octanol–water partition coefficient (Wildman–Crippen LogP) is 3.07. The molecule has 24 heavy (non-hydrogen) atoms. The molecule has 1 aliphatic rings. The summed E-state index contributed by atoms with van der Waals surface area (Å²) in [5.74, 6) is -0.994. The van der Waals surface area contributed by atoms with Crippen LogP contribution in [0.3, 0.4) is 0 Å². The van der Waals surface area contributed by atoms with Gasteiger partial charge in [0.05, 0.1) is 11.8 Å². The first-order valence-electron chi connectivity index (χ1n) is 7.53. The first kappa shape index (κ1) is 15.7. The third kappa shape index (κ3) is 3.60. The molecular formula is C18H16N2O4. The predicted molar refractivity (Wildman–Crippen MR) is 87.8 cm³/mol. The van der Waals surface area contributed by atoms with E-state index in [9.17, 15) is 9.59 Å². The summed E-state index contributed by atoms with van der Waals surface area (Å²) in [6, 6.07) is 11.3. The lowest BCUT2D eigenvalue weighted by atomic mass is 10.00. The van der Waals surface area contributed by atoms with Crippen molar-refractivity contribution in [3.8, 4) is 5.75 Å². The van der Waals surface area contributed by atoms with E-state index in [0.717, 1.165) is 12.0 Å². The number of benzene rings is 1. The molecular weight excluding hydrogens is 308 g/mol. The lowest BCUT2D eigenvalue weighted by Gasteiger charge is -2.25. The second-order valence-corrected chi connectivity index (χ2v) is 5.37. The van der Waals surface area contributed by atoms with Crippen LogP contribution in [0.25, 0.3) is 5.57 Å². The lowest BCUT2D eigenvalue weighted by Crippen LogP contribution is -2.36. The molecule has 3 rings (SSSR count). The van der Waals surface area contributed by atoms with Crippen LogP contribution in [0.4, 0.5) is 4.79 Å². The fourth-order valence-corrected chi connectivity index (χ4v) is 2.51. The molecule has 6 nitrogen and oxygen atoms in total. The Hall–Kier alpha value is -3.15. The monoisotopic (exact) mass is 324 g/mol. The standard InChI is InChI=1S/C18H16N2O4/c21-17(22)15-10-16(12-19-11-15)24-18(23)20-8-6-14(7-9-20)13-4-2-1-3-5-13/h1-6,10-12H,7-9H2,(H,21,22). The van der Waals surface area contributed by atoms with Gasteiger partial charge in [-0.3, -0.25) is 4.98 Å². The van der Waals surface area contributed by atoms with Gasteiger partial charge in [-0.2, -0.15) is 0 Å². The number of carboxylic acid groups (broad SMARTS) is 1. The number of rotatable bonds is 3. The van der Waals surface area contributed by atoms with Crippen LogP contribution < -0.4 is 4.74 Å². The third-order valence-electron chi connectivity index (χ3n) is 3.78. The Balaban J connectivity index is 1.64. The molecule has 2 aromatic rings.